The predicted molar refractivity (Wildman–Crippen MR) is 52.4 cm³/mol. The molecule has 0 aliphatic rings. The van der Waals surface area contributed by atoms with Gasteiger partial charge >= 0.3 is 37.4 Å². The number of carbonyl (C=O) groups is 1. The van der Waals surface area contributed by atoms with Gasteiger partial charge in [0.15, 0.2) is 0 Å². The van der Waals surface area contributed by atoms with Crippen LogP contribution in [0.15, 0.2) is 24.3 Å². The van der Waals surface area contributed by atoms with Crippen LogP contribution in [0.3, 0.4) is 0 Å². The Morgan fingerprint density at radius 2 is 1.82 bits per heavy atom. The van der Waals surface area contributed by atoms with Gasteiger partial charge in [-0.15, -0.1) is 0 Å². The van der Waals surface area contributed by atoms with Crippen LogP contribution in [0.2, 0.25) is 0 Å². The fraction of sp³-hybridized carbons (Fsp3) is 0.222. The van der Waals surface area contributed by atoms with E-state index in [2.05, 4.69) is 4.52 Å². The van der Waals surface area contributed by atoms with Gasteiger partial charge in [-0.05, 0) is 30.5 Å². The predicted octanol–water partition coefficient (Wildman–Crippen LogP) is -3.16. The van der Waals surface area contributed by atoms with Gasteiger partial charge in [0.2, 0.25) is 0 Å². The van der Waals surface area contributed by atoms with E-state index in [1.807, 2.05) is 0 Å². The first-order valence-corrected chi connectivity index (χ1v) is 5.94. The number of benzene rings is 1. The summed E-state index contributed by atoms with van der Waals surface area (Å²) in [5.41, 5.74) is 0.724. The second-order valence-corrected chi connectivity index (χ2v) is 4.26. The first-order chi connectivity index (χ1) is 7.37. The SMILES string of the molecule is O=C([O-])CCc1ccc(OP(=O)(O)O)cc1.[Na+]. The maximum Gasteiger partial charge on any atom is 1.00 e. The van der Waals surface area contributed by atoms with Gasteiger partial charge in [0, 0.05) is 5.97 Å². The van der Waals surface area contributed by atoms with E-state index in [-0.39, 0.29) is 41.7 Å². The van der Waals surface area contributed by atoms with Gasteiger partial charge in [-0.3, -0.25) is 9.79 Å². The van der Waals surface area contributed by atoms with E-state index in [0.29, 0.717) is 6.42 Å². The van der Waals surface area contributed by atoms with Crippen LogP contribution >= 0.6 is 7.82 Å². The number of hydrogen-bond donors (Lipinski definition) is 2. The smallest absolute Gasteiger partial charge is 0.550 e. The van der Waals surface area contributed by atoms with Crippen LogP contribution in [0, 0.1) is 0 Å². The molecular formula is C9H10NaO6P. The van der Waals surface area contributed by atoms with E-state index in [9.17, 15) is 14.5 Å². The summed E-state index contributed by atoms with van der Waals surface area (Å²) in [5.74, 6) is -1.11. The summed E-state index contributed by atoms with van der Waals surface area (Å²) in [7, 11) is -4.54. The molecule has 1 aromatic rings. The summed E-state index contributed by atoms with van der Waals surface area (Å²) in [6.07, 6.45) is 0.206. The van der Waals surface area contributed by atoms with Crippen molar-refractivity contribution < 1.29 is 58.3 Å². The van der Waals surface area contributed by atoms with Crippen LogP contribution in [0.4, 0.5) is 0 Å². The minimum absolute atomic E-state index is 0. The summed E-state index contributed by atoms with van der Waals surface area (Å²) in [6, 6.07) is 5.80. The molecule has 0 aliphatic heterocycles. The molecular weight excluding hydrogens is 258 g/mol. The van der Waals surface area contributed by atoms with Gasteiger partial charge in [-0.1, -0.05) is 12.1 Å². The van der Waals surface area contributed by atoms with Gasteiger partial charge in [0.25, 0.3) is 0 Å². The molecule has 0 atom stereocenters. The normalized spacial score (nSPS) is 10.5. The molecule has 2 N–H and O–H groups in total. The number of hydrogen-bond acceptors (Lipinski definition) is 4. The molecule has 17 heavy (non-hydrogen) atoms. The zero-order valence-electron chi connectivity index (χ0n) is 9.20. The molecule has 8 heteroatoms. The van der Waals surface area contributed by atoms with Crippen LogP contribution in [0.25, 0.3) is 0 Å². The average Bonchev–Trinajstić information content (AvgIpc) is 2.14. The molecule has 1 aromatic carbocycles. The zero-order chi connectivity index (χ0) is 12.2. The molecule has 0 saturated heterocycles. The molecule has 88 valence electrons. The molecule has 0 aliphatic carbocycles. The van der Waals surface area contributed by atoms with Crippen molar-refractivity contribution >= 4 is 13.8 Å². The molecule has 0 bridgehead atoms. The van der Waals surface area contributed by atoms with Gasteiger partial charge in [-0.25, -0.2) is 4.57 Å². The maximum absolute atomic E-state index is 10.5. The number of aliphatic carboxylic acids is 1. The van der Waals surface area contributed by atoms with E-state index in [1.165, 1.54) is 24.3 Å². The van der Waals surface area contributed by atoms with E-state index in [0.717, 1.165) is 5.56 Å². The number of phosphoric ester groups is 1. The minimum Gasteiger partial charge on any atom is -0.550 e. The Bertz CT molecular complexity index is 412. The van der Waals surface area contributed by atoms with Crippen LogP contribution in [0.1, 0.15) is 12.0 Å². The number of carbonyl (C=O) groups excluding carboxylic acids is 1. The zero-order valence-corrected chi connectivity index (χ0v) is 12.1. The van der Waals surface area contributed by atoms with Gasteiger partial charge < -0.3 is 14.4 Å². The molecule has 0 heterocycles. The third-order valence-electron chi connectivity index (χ3n) is 1.77. The Kier molecular flexibility index (Phi) is 7.01. The number of rotatable bonds is 5. The largest absolute Gasteiger partial charge is 1.00 e. The molecule has 0 fully saturated rings. The Hall–Kier alpha value is -0.360. The molecule has 0 aromatic heterocycles. The fourth-order valence-electron chi connectivity index (χ4n) is 1.10. The second kappa shape index (κ2) is 7.16. The van der Waals surface area contributed by atoms with E-state index >= 15 is 0 Å². The summed E-state index contributed by atoms with van der Waals surface area (Å²) in [5, 5.41) is 10.2. The maximum atomic E-state index is 10.5. The van der Waals surface area contributed by atoms with Crippen LogP contribution in [-0.4, -0.2) is 15.8 Å². The summed E-state index contributed by atoms with van der Waals surface area (Å²) in [4.78, 5) is 27.2. The molecule has 1 rings (SSSR count). The van der Waals surface area contributed by atoms with Gasteiger partial charge in [-0.2, -0.15) is 0 Å². The first kappa shape index (κ1) is 16.6. The molecule has 0 saturated carbocycles. The van der Waals surface area contributed by atoms with Crippen molar-refractivity contribution in [1.29, 1.82) is 0 Å². The van der Waals surface area contributed by atoms with Crippen molar-refractivity contribution in [3.8, 4) is 5.75 Å². The van der Waals surface area contributed by atoms with E-state index < -0.39 is 13.8 Å². The minimum atomic E-state index is -4.54. The number of phosphoric acid groups is 1. The number of aryl methyl sites for hydroxylation is 1. The number of carboxylic acids is 1. The Morgan fingerprint density at radius 3 is 2.24 bits per heavy atom. The fourth-order valence-corrected chi connectivity index (χ4v) is 1.50. The van der Waals surface area contributed by atoms with Crippen LogP contribution < -0.4 is 39.2 Å². The standard InChI is InChI=1S/C9H11O6P.Na/c10-9(11)6-3-7-1-4-8(5-2-7)15-16(12,13)14;/h1-2,4-5H,3,6H2,(H,10,11)(H2,12,13,14);/q;+1/p-1. The molecule has 0 unspecified atom stereocenters. The van der Waals surface area contributed by atoms with Crippen molar-refractivity contribution in [3.63, 3.8) is 0 Å². The third kappa shape index (κ3) is 7.54. The third-order valence-corrected chi connectivity index (χ3v) is 2.21. The van der Waals surface area contributed by atoms with E-state index in [1.54, 1.807) is 0 Å². The van der Waals surface area contributed by atoms with E-state index in [4.69, 9.17) is 9.79 Å². The number of carboxylic acid groups (broad SMARTS) is 1. The van der Waals surface area contributed by atoms with Crippen molar-refractivity contribution in [2.75, 3.05) is 0 Å². The summed E-state index contributed by atoms with van der Waals surface area (Å²) in [6.45, 7) is 0. The Labute approximate surface area is 120 Å². The molecule has 0 radical (unpaired) electrons. The van der Waals surface area contributed by atoms with Crippen molar-refractivity contribution in [2.45, 2.75) is 12.8 Å². The summed E-state index contributed by atoms with van der Waals surface area (Å²) < 4.78 is 14.8. The van der Waals surface area contributed by atoms with Crippen molar-refractivity contribution in [1.82, 2.24) is 0 Å². The Balaban J connectivity index is 0.00000256. The quantitative estimate of drug-likeness (QED) is 0.431. The van der Waals surface area contributed by atoms with Gasteiger partial charge in [0.05, 0.1) is 0 Å². The summed E-state index contributed by atoms with van der Waals surface area (Å²) >= 11 is 0. The van der Waals surface area contributed by atoms with Crippen molar-refractivity contribution in [2.24, 2.45) is 0 Å². The average molecular weight is 268 g/mol. The molecule has 0 amide bonds. The monoisotopic (exact) mass is 268 g/mol. The topological polar surface area (TPSA) is 107 Å². The molecule has 6 nitrogen and oxygen atoms in total. The molecule has 0 spiro atoms. The second-order valence-electron chi connectivity index (χ2n) is 3.10. The van der Waals surface area contributed by atoms with Crippen LogP contribution in [-0.2, 0) is 15.8 Å². The van der Waals surface area contributed by atoms with Crippen LogP contribution in [0.5, 0.6) is 5.75 Å². The van der Waals surface area contributed by atoms with Gasteiger partial charge in [0.1, 0.15) is 5.75 Å². The van der Waals surface area contributed by atoms with Crippen molar-refractivity contribution in [3.05, 3.63) is 29.8 Å². The first-order valence-electron chi connectivity index (χ1n) is 4.41. The Morgan fingerprint density at radius 1 is 1.29 bits per heavy atom.